The van der Waals surface area contributed by atoms with Gasteiger partial charge in [-0.2, -0.15) is 13.2 Å². The first kappa shape index (κ1) is 25.1. The molecule has 1 aromatic heterocycles. The molecule has 1 amide bonds. The lowest BCUT2D eigenvalue weighted by molar-refractivity contribution is -0.893. The quantitative estimate of drug-likeness (QED) is 0.455. The van der Waals surface area contributed by atoms with Gasteiger partial charge in [0.2, 0.25) is 5.91 Å². The van der Waals surface area contributed by atoms with E-state index in [9.17, 15) is 18.0 Å². The SMILES string of the molecule is CC[C@@H](c1nnc(SCC(=O)Nc2ccc(Cl)cc2C(F)(F)F)n1-c1ccccc1)[NH+](C)C. The Hall–Kier alpha value is -2.56. The van der Waals surface area contributed by atoms with Gasteiger partial charge in [0.25, 0.3) is 0 Å². The number of carbonyl (C=O) groups excluding carboxylic acids is 1. The predicted octanol–water partition coefficient (Wildman–Crippen LogP) is 4.27. The third kappa shape index (κ3) is 6.07. The van der Waals surface area contributed by atoms with Gasteiger partial charge in [-0.1, -0.05) is 48.5 Å². The molecule has 0 unspecified atom stereocenters. The summed E-state index contributed by atoms with van der Waals surface area (Å²) in [6.45, 7) is 2.06. The van der Waals surface area contributed by atoms with Gasteiger partial charge in [0.15, 0.2) is 11.0 Å². The number of carbonyl (C=O) groups is 1. The van der Waals surface area contributed by atoms with Gasteiger partial charge >= 0.3 is 6.18 Å². The number of amides is 1. The Morgan fingerprint density at radius 2 is 1.88 bits per heavy atom. The van der Waals surface area contributed by atoms with Gasteiger partial charge in [-0.05, 0) is 30.3 Å². The van der Waals surface area contributed by atoms with Gasteiger partial charge in [0.05, 0.1) is 31.1 Å². The highest BCUT2D eigenvalue weighted by atomic mass is 35.5. The first-order valence-corrected chi connectivity index (χ1v) is 11.6. The number of nitrogens with one attached hydrogen (secondary N) is 2. The minimum absolute atomic E-state index is 0.0632. The molecule has 33 heavy (non-hydrogen) atoms. The fraction of sp³-hybridized carbons (Fsp3) is 0.318. The van der Waals surface area contributed by atoms with E-state index in [4.69, 9.17) is 11.6 Å². The Morgan fingerprint density at radius 1 is 1.18 bits per heavy atom. The highest BCUT2D eigenvalue weighted by Crippen LogP contribution is 2.36. The number of para-hydroxylation sites is 1. The summed E-state index contributed by atoms with van der Waals surface area (Å²) in [6, 6.07) is 12.8. The van der Waals surface area contributed by atoms with Gasteiger partial charge in [0, 0.05) is 17.1 Å². The largest absolute Gasteiger partial charge is 0.418 e. The first-order valence-electron chi connectivity index (χ1n) is 10.2. The molecule has 0 aliphatic carbocycles. The van der Waals surface area contributed by atoms with Gasteiger partial charge in [-0.3, -0.25) is 9.36 Å². The Kier molecular flexibility index (Phi) is 8.04. The average molecular weight is 499 g/mol. The summed E-state index contributed by atoms with van der Waals surface area (Å²) in [5.74, 6) is 0.0159. The summed E-state index contributed by atoms with van der Waals surface area (Å²) in [5.41, 5.74) is -0.495. The van der Waals surface area contributed by atoms with Crippen molar-refractivity contribution >= 4 is 35.0 Å². The molecule has 0 bridgehead atoms. The predicted molar refractivity (Wildman–Crippen MR) is 123 cm³/mol. The minimum Gasteiger partial charge on any atom is -0.331 e. The van der Waals surface area contributed by atoms with E-state index in [1.807, 2.05) is 49.0 Å². The Balaban J connectivity index is 1.84. The molecular weight excluding hydrogens is 475 g/mol. The van der Waals surface area contributed by atoms with Crippen molar-refractivity contribution in [3.8, 4) is 5.69 Å². The van der Waals surface area contributed by atoms with Crippen molar-refractivity contribution in [3.63, 3.8) is 0 Å². The van der Waals surface area contributed by atoms with Crippen LogP contribution < -0.4 is 10.2 Å². The molecule has 0 saturated heterocycles. The zero-order valence-electron chi connectivity index (χ0n) is 18.3. The molecule has 0 spiro atoms. The van der Waals surface area contributed by atoms with Gasteiger partial charge in [-0.25, -0.2) is 0 Å². The van der Waals surface area contributed by atoms with Crippen LogP contribution in [0.5, 0.6) is 0 Å². The standard InChI is InChI=1S/C22H23ClF3N5OS/c1-4-18(30(2)3)20-28-29-21(31(20)15-8-6-5-7-9-15)33-13-19(32)27-17-11-10-14(23)12-16(17)22(24,25)26/h5-12,18H,4,13H2,1-3H3,(H,27,32)/p+1/t18-/m0/s1. The van der Waals surface area contributed by atoms with Crippen LogP contribution in [-0.4, -0.2) is 40.5 Å². The van der Waals surface area contributed by atoms with Crippen molar-refractivity contribution < 1.29 is 22.9 Å². The summed E-state index contributed by atoms with van der Waals surface area (Å²) in [7, 11) is 4.06. The number of rotatable bonds is 8. The topological polar surface area (TPSA) is 64.2 Å². The van der Waals surface area contributed by atoms with Crippen LogP contribution in [0.4, 0.5) is 18.9 Å². The molecule has 2 N–H and O–H groups in total. The van der Waals surface area contributed by atoms with Crippen molar-refractivity contribution in [3.05, 3.63) is 64.9 Å². The van der Waals surface area contributed by atoms with Gasteiger partial charge in [0.1, 0.15) is 6.04 Å². The summed E-state index contributed by atoms with van der Waals surface area (Å²) in [5, 5.41) is 11.4. The third-order valence-electron chi connectivity index (χ3n) is 4.98. The molecule has 0 fully saturated rings. The fourth-order valence-corrected chi connectivity index (χ4v) is 4.38. The lowest BCUT2D eigenvalue weighted by atomic mass is 10.1. The molecule has 3 aromatic rings. The minimum atomic E-state index is -4.65. The third-order valence-corrected chi connectivity index (χ3v) is 6.15. The number of hydrogen-bond donors (Lipinski definition) is 2. The first-order chi connectivity index (χ1) is 15.6. The van der Waals surface area contributed by atoms with Crippen molar-refractivity contribution in [2.45, 2.75) is 30.7 Å². The number of anilines is 1. The number of halogens is 4. The summed E-state index contributed by atoms with van der Waals surface area (Å²) >= 11 is 6.81. The molecule has 3 rings (SSSR count). The Bertz CT molecular complexity index is 1110. The number of thioether (sulfide) groups is 1. The van der Waals surface area contributed by atoms with Gasteiger partial charge < -0.3 is 10.2 Å². The van der Waals surface area contributed by atoms with Crippen LogP contribution in [0.2, 0.25) is 5.02 Å². The number of aromatic nitrogens is 3. The molecule has 11 heteroatoms. The highest BCUT2D eigenvalue weighted by Gasteiger charge is 2.34. The van der Waals surface area contributed by atoms with E-state index in [-0.39, 0.29) is 22.5 Å². The monoisotopic (exact) mass is 498 g/mol. The van der Waals surface area contributed by atoms with E-state index in [0.29, 0.717) is 5.16 Å². The second-order valence-electron chi connectivity index (χ2n) is 7.57. The summed E-state index contributed by atoms with van der Waals surface area (Å²) < 4.78 is 41.8. The number of quaternary nitrogens is 1. The molecule has 1 heterocycles. The van der Waals surface area contributed by atoms with E-state index >= 15 is 0 Å². The van der Waals surface area contributed by atoms with E-state index in [0.717, 1.165) is 41.8 Å². The van der Waals surface area contributed by atoms with E-state index in [2.05, 4.69) is 22.4 Å². The molecule has 176 valence electrons. The lowest BCUT2D eigenvalue weighted by Gasteiger charge is -2.20. The van der Waals surface area contributed by atoms with Crippen LogP contribution in [0.1, 0.15) is 30.8 Å². The highest BCUT2D eigenvalue weighted by molar-refractivity contribution is 7.99. The van der Waals surface area contributed by atoms with Crippen LogP contribution in [0, 0.1) is 0 Å². The molecule has 0 saturated carbocycles. The maximum absolute atomic E-state index is 13.3. The molecule has 0 aliphatic rings. The number of nitrogens with zero attached hydrogens (tertiary/aromatic N) is 3. The van der Waals surface area contributed by atoms with Crippen molar-refractivity contribution in [2.75, 3.05) is 25.2 Å². The Labute approximate surface area is 199 Å². The summed E-state index contributed by atoms with van der Waals surface area (Å²) in [6.07, 6.45) is -3.82. The van der Waals surface area contributed by atoms with Crippen LogP contribution in [0.15, 0.2) is 53.7 Å². The molecule has 6 nitrogen and oxygen atoms in total. The lowest BCUT2D eigenvalue weighted by Crippen LogP contribution is -3.06. The maximum atomic E-state index is 13.3. The Morgan fingerprint density at radius 3 is 2.48 bits per heavy atom. The average Bonchev–Trinajstić information content (AvgIpc) is 3.17. The number of hydrogen-bond acceptors (Lipinski definition) is 4. The van der Waals surface area contributed by atoms with E-state index < -0.39 is 17.6 Å². The second-order valence-corrected chi connectivity index (χ2v) is 8.95. The molecule has 0 radical (unpaired) electrons. The van der Waals surface area contributed by atoms with Crippen LogP contribution in [0.25, 0.3) is 5.69 Å². The number of alkyl halides is 3. The zero-order chi connectivity index (χ0) is 24.2. The zero-order valence-corrected chi connectivity index (χ0v) is 19.9. The van der Waals surface area contributed by atoms with E-state index in [1.54, 1.807) is 0 Å². The molecule has 0 aliphatic heterocycles. The second kappa shape index (κ2) is 10.6. The van der Waals surface area contributed by atoms with E-state index in [1.165, 1.54) is 11.0 Å². The number of benzene rings is 2. The maximum Gasteiger partial charge on any atom is 0.418 e. The van der Waals surface area contributed by atoms with Crippen molar-refractivity contribution in [2.24, 2.45) is 0 Å². The van der Waals surface area contributed by atoms with Crippen LogP contribution in [0.3, 0.4) is 0 Å². The van der Waals surface area contributed by atoms with Crippen LogP contribution >= 0.6 is 23.4 Å². The van der Waals surface area contributed by atoms with Crippen molar-refractivity contribution in [1.82, 2.24) is 14.8 Å². The smallest absolute Gasteiger partial charge is 0.331 e. The van der Waals surface area contributed by atoms with Crippen molar-refractivity contribution in [1.29, 1.82) is 0 Å². The molecule has 1 atom stereocenters. The van der Waals surface area contributed by atoms with Gasteiger partial charge in [-0.15, -0.1) is 10.2 Å². The molecule has 2 aromatic carbocycles. The molecular formula is C22H24ClF3N5OS+. The normalized spacial score (nSPS) is 12.7. The summed E-state index contributed by atoms with van der Waals surface area (Å²) in [4.78, 5) is 13.7. The fourth-order valence-electron chi connectivity index (χ4n) is 3.45. The van der Waals surface area contributed by atoms with Crippen LogP contribution in [-0.2, 0) is 11.0 Å².